The number of nitro benzene ring substituents is 2. The second-order valence-corrected chi connectivity index (χ2v) is 8.58. The fourth-order valence-electron chi connectivity index (χ4n) is 4.05. The number of nitrogens with one attached hydrogen (secondary N) is 1. The number of nitro groups is 2. The number of nitrogens with zero attached hydrogens (tertiary/aromatic N) is 3. The zero-order valence-corrected chi connectivity index (χ0v) is 20.9. The first-order valence-electron chi connectivity index (χ1n) is 11.9. The van der Waals surface area contributed by atoms with Gasteiger partial charge in [0.25, 0.3) is 17.3 Å². The average molecular weight is 537 g/mol. The van der Waals surface area contributed by atoms with Crippen LogP contribution in [-0.4, -0.2) is 27.8 Å². The van der Waals surface area contributed by atoms with Gasteiger partial charge in [-0.05, 0) is 60.7 Å². The molecule has 1 amide bonds. The van der Waals surface area contributed by atoms with Crippen LogP contribution in [0.15, 0.2) is 97.1 Å². The molecule has 5 aromatic rings. The zero-order valence-electron chi connectivity index (χ0n) is 20.9. The summed E-state index contributed by atoms with van der Waals surface area (Å²) in [6.45, 7) is 0. The number of aromatic nitrogens is 1. The van der Waals surface area contributed by atoms with Crippen molar-refractivity contribution in [2.24, 2.45) is 0 Å². The third-order valence-corrected chi connectivity index (χ3v) is 5.99. The number of non-ortho nitro benzene ring substituents is 2. The molecular formula is C29H20N4O7. The number of benzene rings is 4. The van der Waals surface area contributed by atoms with E-state index >= 15 is 0 Å². The SMILES string of the molecule is COc1ccc(-c2cc(C(=O)Nc3ccc(Oc4cc([N+](=O)[O-])cc([N+](=O)[O-])c4)cc3)c3ccccc3n2)cc1. The lowest BCUT2D eigenvalue weighted by Gasteiger charge is -2.12. The Morgan fingerprint density at radius 3 is 2.02 bits per heavy atom. The van der Waals surface area contributed by atoms with Crippen LogP contribution < -0.4 is 14.8 Å². The van der Waals surface area contributed by atoms with Crippen molar-refractivity contribution in [2.75, 3.05) is 12.4 Å². The molecule has 0 fully saturated rings. The molecule has 1 heterocycles. The lowest BCUT2D eigenvalue weighted by Crippen LogP contribution is -2.13. The molecular weight excluding hydrogens is 516 g/mol. The summed E-state index contributed by atoms with van der Waals surface area (Å²) in [5.41, 5.74) is 2.08. The summed E-state index contributed by atoms with van der Waals surface area (Å²) in [6, 6.07) is 25.7. The molecule has 40 heavy (non-hydrogen) atoms. The number of pyridine rings is 1. The van der Waals surface area contributed by atoms with E-state index < -0.39 is 21.2 Å². The Morgan fingerprint density at radius 1 is 0.775 bits per heavy atom. The quantitative estimate of drug-likeness (QED) is 0.169. The minimum absolute atomic E-state index is 0.0630. The van der Waals surface area contributed by atoms with Crippen molar-refractivity contribution in [3.63, 3.8) is 0 Å². The molecule has 0 aliphatic heterocycles. The van der Waals surface area contributed by atoms with Crippen molar-refractivity contribution >= 4 is 33.9 Å². The minimum Gasteiger partial charge on any atom is -0.497 e. The van der Waals surface area contributed by atoms with Gasteiger partial charge in [0.05, 0.1) is 51.9 Å². The smallest absolute Gasteiger partial charge is 0.280 e. The largest absolute Gasteiger partial charge is 0.497 e. The lowest BCUT2D eigenvalue weighted by molar-refractivity contribution is -0.394. The van der Waals surface area contributed by atoms with Gasteiger partial charge in [0.15, 0.2) is 0 Å². The van der Waals surface area contributed by atoms with E-state index in [1.54, 1.807) is 25.3 Å². The molecule has 1 N–H and O–H groups in total. The Balaban J connectivity index is 1.39. The third kappa shape index (κ3) is 5.53. The topological polar surface area (TPSA) is 147 Å². The van der Waals surface area contributed by atoms with Gasteiger partial charge in [-0.25, -0.2) is 4.98 Å². The molecule has 0 unspecified atom stereocenters. The molecule has 5 rings (SSSR count). The standard InChI is InChI=1S/C29H20N4O7/c1-39-22-10-6-18(7-11-22)28-17-26(25-4-2-3-5-27(25)31-28)29(34)30-19-8-12-23(13-9-19)40-24-15-20(32(35)36)14-21(16-24)33(37)38/h2-17H,1H3,(H,30,34). The number of fused-ring (bicyclic) bond motifs is 1. The Hall–Kier alpha value is -5.84. The number of anilines is 1. The Morgan fingerprint density at radius 2 is 1.40 bits per heavy atom. The predicted octanol–water partition coefficient (Wildman–Crippen LogP) is 6.77. The monoisotopic (exact) mass is 536 g/mol. The van der Waals surface area contributed by atoms with Crippen molar-refractivity contribution < 1.29 is 24.1 Å². The summed E-state index contributed by atoms with van der Waals surface area (Å²) in [5, 5.41) is 25.8. The number of ether oxygens (including phenoxy) is 2. The Bertz CT molecular complexity index is 1720. The summed E-state index contributed by atoms with van der Waals surface area (Å²) in [5.74, 6) is 0.561. The minimum atomic E-state index is -0.735. The summed E-state index contributed by atoms with van der Waals surface area (Å²) >= 11 is 0. The van der Waals surface area contributed by atoms with Crippen LogP contribution in [0.4, 0.5) is 17.1 Å². The molecule has 0 saturated carbocycles. The van der Waals surface area contributed by atoms with E-state index in [-0.39, 0.29) is 17.4 Å². The van der Waals surface area contributed by atoms with Crippen LogP contribution in [0.2, 0.25) is 0 Å². The maximum atomic E-state index is 13.4. The van der Waals surface area contributed by atoms with Gasteiger partial charge in [-0.1, -0.05) is 18.2 Å². The van der Waals surface area contributed by atoms with Gasteiger partial charge in [0.2, 0.25) is 0 Å². The van der Waals surface area contributed by atoms with Crippen LogP contribution in [0.3, 0.4) is 0 Å². The van der Waals surface area contributed by atoms with E-state index in [1.165, 1.54) is 12.1 Å². The van der Waals surface area contributed by atoms with Gasteiger partial charge < -0.3 is 14.8 Å². The van der Waals surface area contributed by atoms with Crippen molar-refractivity contribution in [1.29, 1.82) is 0 Å². The molecule has 0 spiro atoms. The maximum absolute atomic E-state index is 13.4. The van der Waals surface area contributed by atoms with Crippen molar-refractivity contribution in [3.05, 3.63) is 123 Å². The number of rotatable bonds is 8. The molecule has 198 valence electrons. The fourth-order valence-corrected chi connectivity index (χ4v) is 4.05. The number of methoxy groups -OCH3 is 1. The van der Waals surface area contributed by atoms with Crippen molar-refractivity contribution in [3.8, 4) is 28.5 Å². The molecule has 0 aliphatic carbocycles. The second-order valence-electron chi connectivity index (χ2n) is 8.58. The van der Waals surface area contributed by atoms with Crippen LogP contribution in [0.5, 0.6) is 17.2 Å². The molecule has 0 radical (unpaired) electrons. The number of para-hydroxylation sites is 1. The van der Waals surface area contributed by atoms with Crippen LogP contribution in [-0.2, 0) is 0 Å². The molecule has 0 bridgehead atoms. The number of carbonyl (C=O) groups is 1. The normalized spacial score (nSPS) is 10.6. The maximum Gasteiger partial charge on any atom is 0.280 e. The highest BCUT2D eigenvalue weighted by Gasteiger charge is 2.18. The summed E-state index contributed by atoms with van der Waals surface area (Å²) in [4.78, 5) is 38.9. The molecule has 1 aromatic heterocycles. The van der Waals surface area contributed by atoms with Gasteiger partial charge in [-0.3, -0.25) is 25.0 Å². The first-order valence-corrected chi connectivity index (χ1v) is 11.9. The van der Waals surface area contributed by atoms with Gasteiger partial charge in [-0.15, -0.1) is 0 Å². The van der Waals surface area contributed by atoms with E-state index in [2.05, 4.69) is 5.32 Å². The highest BCUT2D eigenvalue weighted by atomic mass is 16.6. The zero-order chi connectivity index (χ0) is 28.2. The first-order chi connectivity index (χ1) is 19.3. The second kappa shape index (κ2) is 10.9. The summed E-state index contributed by atoms with van der Waals surface area (Å²) in [7, 11) is 1.59. The van der Waals surface area contributed by atoms with Gasteiger partial charge >= 0.3 is 0 Å². The first kappa shape index (κ1) is 25.8. The van der Waals surface area contributed by atoms with Crippen LogP contribution in [0, 0.1) is 20.2 Å². The van der Waals surface area contributed by atoms with Crippen LogP contribution >= 0.6 is 0 Å². The average Bonchev–Trinajstić information content (AvgIpc) is 2.97. The van der Waals surface area contributed by atoms with E-state index in [9.17, 15) is 25.0 Å². The molecule has 11 heteroatoms. The van der Waals surface area contributed by atoms with E-state index in [0.717, 1.165) is 23.8 Å². The lowest BCUT2D eigenvalue weighted by atomic mass is 10.0. The highest BCUT2D eigenvalue weighted by molar-refractivity contribution is 6.13. The van der Waals surface area contributed by atoms with Crippen LogP contribution in [0.25, 0.3) is 22.2 Å². The van der Waals surface area contributed by atoms with Gasteiger partial charge in [-0.2, -0.15) is 0 Å². The van der Waals surface area contributed by atoms with Crippen LogP contribution in [0.1, 0.15) is 10.4 Å². The number of hydrogen-bond donors (Lipinski definition) is 1. The Labute approximate surface area is 226 Å². The molecule has 11 nitrogen and oxygen atoms in total. The van der Waals surface area contributed by atoms with Gasteiger partial charge in [0.1, 0.15) is 17.2 Å². The fraction of sp³-hybridized carbons (Fsp3) is 0.0345. The van der Waals surface area contributed by atoms with E-state index in [0.29, 0.717) is 33.6 Å². The molecule has 0 atom stereocenters. The summed E-state index contributed by atoms with van der Waals surface area (Å²) in [6.07, 6.45) is 0. The van der Waals surface area contributed by atoms with Gasteiger partial charge in [0, 0.05) is 16.6 Å². The number of carbonyl (C=O) groups excluding carboxylic acids is 1. The number of hydrogen-bond acceptors (Lipinski definition) is 8. The summed E-state index contributed by atoms with van der Waals surface area (Å²) < 4.78 is 10.8. The van der Waals surface area contributed by atoms with Crippen molar-refractivity contribution in [1.82, 2.24) is 4.98 Å². The number of amides is 1. The molecule has 0 saturated heterocycles. The van der Waals surface area contributed by atoms with E-state index in [4.69, 9.17) is 14.5 Å². The van der Waals surface area contributed by atoms with E-state index in [1.807, 2.05) is 48.5 Å². The Kier molecular flexibility index (Phi) is 7.01. The van der Waals surface area contributed by atoms with Crippen molar-refractivity contribution in [2.45, 2.75) is 0 Å². The molecule has 0 aliphatic rings. The highest BCUT2D eigenvalue weighted by Crippen LogP contribution is 2.32. The predicted molar refractivity (Wildman–Crippen MR) is 148 cm³/mol. The molecule has 4 aromatic carbocycles. The third-order valence-electron chi connectivity index (χ3n) is 5.99.